The molecule has 0 saturated carbocycles. The van der Waals surface area contributed by atoms with Crippen LogP contribution in [0.2, 0.25) is 0 Å². The second kappa shape index (κ2) is 8.07. The van der Waals surface area contributed by atoms with Gasteiger partial charge >= 0.3 is 0 Å². The van der Waals surface area contributed by atoms with Crippen LogP contribution in [0.15, 0.2) is 41.3 Å². The highest BCUT2D eigenvalue weighted by Crippen LogP contribution is 2.27. The molecule has 1 aromatic carbocycles. The third-order valence-corrected chi connectivity index (χ3v) is 5.16. The summed E-state index contributed by atoms with van der Waals surface area (Å²) in [6.07, 6.45) is 2.84. The van der Waals surface area contributed by atoms with Crippen molar-refractivity contribution in [1.82, 2.24) is 30.2 Å². The fourth-order valence-corrected chi connectivity index (χ4v) is 3.59. The Bertz CT molecular complexity index is 1300. The average Bonchev–Trinajstić information content (AvgIpc) is 3.19. The second-order valence-corrected chi connectivity index (χ2v) is 7.22. The number of oxazole rings is 1. The lowest BCUT2D eigenvalue weighted by Crippen LogP contribution is -2.43. The topological polar surface area (TPSA) is 181 Å². The Hall–Kier alpha value is -4.32. The van der Waals surface area contributed by atoms with Crippen molar-refractivity contribution in [2.45, 2.75) is 0 Å². The highest BCUT2D eigenvalue weighted by atomic mass is 16.4. The standard InChI is InChI=1S/C20H21N11O/c21-17(11-1-2-13-12(7-11)29-20(23)32-13)16-18(22)27-10-28-19(16)30-14-8-15(26-9-25-14)31-5-3-24-4-6-31/h1-2,7-10,21,24H,3-6H2,(H2,23,29)(H3,22,25,26,27,28,30). The first-order valence-electron chi connectivity index (χ1n) is 9.99. The van der Waals surface area contributed by atoms with Gasteiger partial charge < -0.3 is 31.4 Å². The molecule has 0 aliphatic carbocycles. The van der Waals surface area contributed by atoms with E-state index in [-0.39, 0.29) is 17.5 Å². The van der Waals surface area contributed by atoms with Gasteiger partial charge in [-0.05, 0) is 18.2 Å². The van der Waals surface area contributed by atoms with Crippen LogP contribution in [0.25, 0.3) is 11.1 Å². The van der Waals surface area contributed by atoms with Crippen molar-refractivity contribution >= 4 is 46.1 Å². The number of fused-ring (bicyclic) bond motifs is 1. The van der Waals surface area contributed by atoms with Crippen molar-refractivity contribution < 1.29 is 4.42 Å². The van der Waals surface area contributed by atoms with E-state index in [0.29, 0.717) is 33.9 Å². The van der Waals surface area contributed by atoms with Crippen LogP contribution in [0.1, 0.15) is 11.1 Å². The molecule has 7 N–H and O–H groups in total. The van der Waals surface area contributed by atoms with Gasteiger partial charge in [0.2, 0.25) is 0 Å². The molecule has 0 radical (unpaired) electrons. The van der Waals surface area contributed by atoms with E-state index in [0.717, 1.165) is 32.0 Å². The van der Waals surface area contributed by atoms with Gasteiger partial charge in [-0.25, -0.2) is 19.9 Å². The first kappa shape index (κ1) is 19.6. The lowest BCUT2D eigenvalue weighted by Gasteiger charge is -2.28. The number of rotatable bonds is 5. The summed E-state index contributed by atoms with van der Waals surface area (Å²) >= 11 is 0. The van der Waals surface area contributed by atoms with Crippen LogP contribution >= 0.6 is 0 Å². The Morgan fingerprint density at radius 2 is 1.88 bits per heavy atom. The van der Waals surface area contributed by atoms with E-state index >= 15 is 0 Å². The molecular formula is C20H21N11O. The van der Waals surface area contributed by atoms with Crippen LogP contribution in [0.3, 0.4) is 0 Å². The first-order valence-corrected chi connectivity index (χ1v) is 9.99. The van der Waals surface area contributed by atoms with Gasteiger partial charge in [0.1, 0.15) is 41.4 Å². The Labute approximate surface area is 182 Å². The molecule has 1 saturated heterocycles. The number of nitrogen functional groups attached to an aromatic ring is 2. The molecule has 5 rings (SSSR count). The van der Waals surface area contributed by atoms with E-state index in [1.165, 1.54) is 12.7 Å². The molecule has 1 aliphatic heterocycles. The number of aromatic nitrogens is 5. The zero-order chi connectivity index (χ0) is 22.1. The summed E-state index contributed by atoms with van der Waals surface area (Å²) in [6.45, 7) is 3.53. The molecule has 1 fully saturated rings. The predicted molar refractivity (Wildman–Crippen MR) is 121 cm³/mol. The molecule has 12 nitrogen and oxygen atoms in total. The minimum absolute atomic E-state index is 0.0673. The molecule has 0 bridgehead atoms. The molecule has 12 heteroatoms. The number of hydrogen-bond donors (Lipinski definition) is 5. The van der Waals surface area contributed by atoms with Crippen LogP contribution in [0.5, 0.6) is 0 Å². The van der Waals surface area contributed by atoms with Crippen molar-refractivity contribution in [3.8, 4) is 0 Å². The molecule has 0 atom stereocenters. The highest BCUT2D eigenvalue weighted by Gasteiger charge is 2.19. The van der Waals surface area contributed by atoms with E-state index in [2.05, 4.69) is 40.5 Å². The number of nitrogens with two attached hydrogens (primary N) is 2. The summed E-state index contributed by atoms with van der Waals surface area (Å²) in [5.74, 6) is 1.90. The van der Waals surface area contributed by atoms with Crippen molar-refractivity contribution in [1.29, 1.82) is 5.41 Å². The predicted octanol–water partition coefficient (Wildman–Crippen LogP) is 1.14. The van der Waals surface area contributed by atoms with E-state index in [4.69, 9.17) is 21.3 Å². The third kappa shape index (κ3) is 3.74. The van der Waals surface area contributed by atoms with Crippen molar-refractivity contribution in [3.63, 3.8) is 0 Å². The third-order valence-electron chi connectivity index (χ3n) is 5.16. The lowest BCUT2D eigenvalue weighted by molar-refractivity contribution is 0.584. The van der Waals surface area contributed by atoms with Gasteiger partial charge in [0, 0.05) is 37.8 Å². The molecular weight excluding hydrogens is 410 g/mol. The largest absolute Gasteiger partial charge is 0.424 e. The van der Waals surface area contributed by atoms with Crippen LogP contribution in [-0.2, 0) is 0 Å². The SMILES string of the molecule is N=C(c1ccc2oc(N)nc2c1)c1c(N)ncnc1Nc1cc(N2CCNCC2)ncn1. The minimum Gasteiger partial charge on any atom is -0.424 e. The number of benzene rings is 1. The highest BCUT2D eigenvalue weighted by molar-refractivity contribution is 6.17. The van der Waals surface area contributed by atoms with Gasteiger partial charge in [-0.3, -0.25) is 5.41 Å². The van der Waals surface area contributed by atoms with Crippen LogP contribution in [-0.4, -0.2) is 56.8 Å². The molecule has 162 valence electrons. The summed E-state index contributed by atoms with van der Waals surface area (Å²) in [6, 6.07) is 7.07. The van der Waals surface area contributed by atoms with E-state index in [1.54, 1.807) is 18.2 Å². The van der Waals surface area contributed by atoms with E-state index < -0.39 is 0 Å². The van der Waals surface area contributed by atoms with E-state index in [1.807, 2.05) is 6.07 Å². The van der Waals surface area contributed by atoms with Gasteiger partial charge in [-0.15, -0.1) is 0 Å². The lowest BCUT2D eigenvalue weighted by atomic mass is 10.0. The van der Waals surface area contributed by atoms with Crippen LogP contribution in [0.4, 0.5) is 29.3 Å². The normalized spacial score (nSPS) is 13.9. The fraction of sp³-hybridized carbons (Fsp3) is 0.200. The molecule has 0 spiro atoms. The Morgan fingerprint density at radius 3 is 2.72 bits per heavy atom. The molecule has 1 aliphatic rings. The first-order chi connectivity index (χ1) is 15.6. The Balaban J connectivity index is 1.47. The van der Waals surface area contributed by atoms with Gasteiger partial charge in [-0.2, -0.15) is 4.98 Å². The summed E-state index contributed by atoms with van der Waals surface area (Å²) in [5.41, 5.74) is 13.9. The second-order valence-electron chi connectivity index (χ2n) is 7.22. The molecule has 32 heavy (non-hydrogen) atoms. The maximum absolute atomic E-state index is 8.77. The average molecular weight is 431 g/mol. The van der Waals surface area contributed by atoms with Gasteiger partial charge in [0.15, 0.2) is 5.58 Å². The molecule has 3 aromatic heterocycles. The summed E-state index contributed by atoms with van der Waals surface area (Å²) < 4.78 is 5.31. The Morgan fingerprint density at radius 1 is 1.06 bits per heavy atom. The molecule has 4 aromatic rings. The molecule has 4 heterocycles. The van der Waals surface area contributed by atoms with Crippen molar-refractivity contribution in [2.24, 2.45) is 0 Å². The number of nitrogens with one attached hydrogen (secondary N) is 3. The number of nitrogens with zero attached hydrogens (tertiary/aromatic N) is 6. The zero-order valence-corrected chi connectivity index (χ0v) is 17.0. The van der Waals surface area contributed by atoms with Gasteiger partial charge in [-0.1, -0.05) is 0 Å². The number of hydrogen-bond acceptors (Lipinski definition) is 12. The quantitative estimate of drug-likeness (QED) is 0.286. The van der Waals surface area contributed by atoms with Crippen LogP contribution < -0.4 is 27.0 Å². The summed E-state index contributed by atoms with van der Waals surface area (Å²) in [7, 11) is 0. The summed E-state index contributed by atoms with van der Waals surface area (Å²) in [4.78, 5) is 23.4. The van der Waals surface area contributed by atoms with Crippen LogP contribution in [0, 0.1) is 5.41 Å². The van der Waals surface area contributed by atoms with Crippen molar-refractivity contribution in [3.05, 3.63) is 48.0 Å². The molecule has 0 amide bonds. The van der Waals surface area contributed by atoms with Gasteiger partial charge in [0.25, 0.3) is 6.01 Å². The smallest absolute Gasteiger partial charge is 0.292 e. The zero-order valence-electron chi connectivity index (χ0n) is 17.0. The van der Waals surface area contributed by atoms with Crippen molar-refractivity contribution in [2.75, 3.05) is 47.9 Å². The summed E-state index contributed by atoms with van der Waals surface area (Å²) in [5, 5.41) is 15.3. The maximum atomic E-state index is 8.77. The van der Waals surface area contributed by atoms with E-state index in [9.17, 15) is 0 Å². The minimum atomic E-state index is 0.0673. The fourth-order valence-electron chi connectivity index (χ4n) is 3.59. The monoisotopic (exact) mass is 431 g/mol. The number of piperazine rings is 1. The number of anilines is 5. The van der Waals surface area contributed by atoms with Gasteiger partial charge in [0.05, 0.1) is 11.3 Å². The Kier molecular flexibility index (Phi) is 4.95. The molecule has 0 unspecified atom stereocenters. The maximum Gasteiger partial charge on any atom is 0.292 e.